The number of halogens is 1. The lowest BCUT2D eigenvalue weighted by Crippen LogP contribution is -2.37. The summed E-state index contributed by atoms with van der Waals surface area (Å²) in [6.45, 7) is 1.27. The molecule has 4 nitrogen and oxygen atoms in total. The van der Waals surface area contributed by atoms with Gasteiger partial charge in [-0.05, 0) is 36.4 Å². The summed E-state index contributed by atoms with van der Waals surface area (Å²) in [6.07, 6.45) is 0.914. The van der Waals surface area contributed by atoms with E-state index in [2.05, 4.69) is 0 Å². The van der Waals surface area contributed by atoms with Crippen LogP contribution in [0.25, 0.3) is 0 Å². The predicted octanol–water partition coefficient (Wildman–Crippen LogP) is 2.08. The van der Waals surface area contributed by atoms with Crippen LogP contribution >= 0.6 is 23.4 Å². The van der Waals surface area contributed by atoms with Crippen molar-refractivity contribution in [2.24, 2.45) is 0 Å². The summed E-state index contributed by atoms with van der Waals surface area (Å²) in [4.78, 5) is 13.9. The third-order valence-corrected chi connectivity index (χ3v) is 5.98. The molecule has 0 bridgehead atoms. The molecule has 20 heavy (non-hydrogen) atoms. The van der Waals surface area contributed by atoms with Gasteiger partial charge in [-0.25, -0.2) is 8.42 Å². The lowest BCUT2D eigenvalue weighted by atomic mass is 10.4. The molecule has 1 aliphatic heterocycles. The van der Waals surface area contributed by atoms with Crippen molar-refractivity contribution in [2.75, 3.05) is 30.3 Å². The second-order valence-corrected chi connectivity index (χ2v) is 8.21. The van der Waals surface area contributed by atoms with Crippen LogP contribution in [0.2, 0.25) is 5.02 Å². The van der Waals surface area contributed by atoms with Gasteiger partial charge in [-0.2, -0.15) is 11.8 Å². The second kappa shape index (κ2) is 6.83. The van der Waals surface area contributed by atoms with E-state index in [0.29, 0.717) is 18.1 Å². The first-order valence-corrected chi connectivity index (χ1v) is 9.51. The molecule has 1 heterocycles. The normalized spacial score (nSPS) is 16.8. The van der Waals surface area contributed by atoms with E-state index in [0.717, 1.165) is 17.9 Å². The maximum Gasteiger partial charge on any atom is 0.238 e. The number of sulfone groups is 1. The first-order chi connectivity index (χ1) is 9.49. The van der Waals surface area contributed by atoms with Gasteiger partial charge >= 0.3 is 0 Å². The summed E-state index contributed by atoms with van der Waals surface area (Å²) in [5.74, 6) is 1.10. The molecule has 0 atom stereocenters. The van der Waals surface area contributed by atoms with E-state index < -0.39 is 15.6 Å². The Balaban J connectivity index is 2.07. The van der Waals surface area contributed by atoms with Gasteiger partial charge in [0.15, 0.2) is 9.84 Å². The van der Waals surface area contributed by atoms with Gasteiger partial charge in [0.25, 0.3) is 0 Å². The summed E-state index contributed by atoms with van der Waals surface area (Å²) in [7, 11) is -3.59. The summed E-state index contributed by atoms with van der Waals surface area (Å²) >= 11 is 7.53. The molecule has 0 spiro atoms. The van der Waals surface area contributed by atoms with Crippen molar-refractivity contribution in [3.8, 4) is 0 Å². The number of carbonyl (C=O) groups excluding carboxylic acids is 1. The first kappa shape index (κ1) is 15.7. The van der Waals surface area contributed by atoms with E-state index in [9.17, 15) is 13.2 Å². The molecule has 1 aromatic carbocycles. The van der Waals surface area contributed by atoms with E-state index in [4.69, 9.17) is 11.6 Å². The zero-order chi connectivity index (χ0) is 14.6. The lowest BCUT2D eigenvalue weighted by molar-refractivity contribution is -0.128. The highest BCUT2D eigenvalue weighted by molar-refractivity contribution is 7.99. The molecule has 0 aromatic heterocycles. The molecule has 0 unspecified atom stereocenters. The molecular formula is C13H16ClNO3S2. The molecule has 1 fully saturated rings. The Morgan fingerprint density at radius 2 is 1.90 bits per heavy atom. The summed E-state index contributed by atoms with van der Waals surface area (Å²) < 4.78 is 24.4. The standard InChI is InChI=1S/C13H16ClNO3S2/c14-11-2-4-12(5-3-11)20(17,18)10-13(16)15-6-1-8-19-9-7-15/h2-5H,1,6-10H2. The highest BCUT2D eigenvalue weighted by Crippen LogP contribution is 2.17. The molecule has 1 aromatic rings. The molecular weight excluding hydrogens is 318 g/mol. The van der Waals surface area contributed by atoms with Crippen molar-refractivity contribution in [3.63, 3.8) is 0 Å². The monoisotopic (exact) mass is 333 g/mol. The van der Waals surface area contributed by atoms with Crippen LogP contribution in [0, 0.1) is 0 Å². The number of amides is 1. The first-order valence-electron chi connectivity index (χ1n) is 6.33. The summed E-state index contributed by atoms with van der Waals surface area (Å²) in [6, 6.07) is 5.90. The van der Waals surface area contributed by atoms with Gasteiger partial charge in [0.1, 0.15) is 5.75 Å². The zero-order valence-corrected chi connectivity index (χ0v) is 13.3. The molecule has 2 rings (SSSR count). The molecule has 1 amide bonds. The Kier molecular flexibility index (Phi) is 5.35. The largest absolute Gasteiger partial charge is 0.341 e. The Morgan fingerprint density at radius 3 is 2.60 bits per heavy atom. The van der Waals surface area contributed by atoms with Gasteiger partial charge < -0.3 is 4.90 Å². The number of thioether (sulfide) groups is 1. The van der Waals surface area contributed by atoms with Gasteiger partial charge in [0.05, 0.1) is 4.90 Å². The number of rotatable bonds is 3. The number of carbonyl (C=O) groups is 1. The fourth-order valence-corrected chi connectivity index (χ4v) is 4.21. The highest BCUT2D eigenvalue weighted by Gasteiger charge is 2.24. The van der Waals surface area contributed by atoms with Crippen LogP contribution in [0.1, 0.15) is 6.42 Å². The van der Waals surface area contributed by atoms with Crippen molar-refractivity contribution >= 4 is 39.1 Å². The van der Waals surface area contributed by atoms with Crippen LogP contribution in [0.4, 0.5) is 0 Å². The minimum atomic E-state index is -3.59. The molecule has 1 aliphatic rings. The van der Waals surface area contributed by atoms with Crippen LogP contribution in [-0.4, -0.2) is 49.6 Å². The Hall–Kier alpha value is -0.720. The van der Waals surface area contributed by atoms with Crippen LogP contribution in [-0.2, 0) is 14.6 Å². The van der Waals surface area contributed by atoms with E-state index >= 15 is 0 Å². The topological polar surface area (TPSA) is 54.5 Å². The van der Waals surface area contributed by atoms with E-state index in [1.54, 1.807) is 16.7 Å². The van der Waals surface area contributed by atoms with Gasteiger partial charge in [-0.15, -0.1) is 0 Å². The predicted molar refractivity (Wildman–Crippen MR) is 82.0 cm³/mol. The smallest absolute Gasteiger partial charge is 0.238 e. The average molecular weight is 334 g/mol. The fraction of sp³-hybridized carbons (Fsp3) is 0.462. The quantitative estimate of drug-likeness (QED) is 0.850. The third-order valence-electron chi connectivity index (χ3n) is 3.06. The van der Waals surface area contributed by atoms with E-state index in [1.165, 1.54) is 24.3 Å². The summed E-state index contributed by atoms with van der Waals surface area (Å²) in [5.41, 5.74) is 0. The van der Waals surface area contributed by atoms with Crippen molar-refractivity contribution in [1.29, 1.82) is 0 Å². The zero-order valence-electron chi connectivity index (χ0n) is 10.9. The van der Waals surface area contributed by atoms with E-state index in [1.807, 2.05) is 0 Å². The maximum atomic E-state index is 12.2. The number of benzene rings is 1. The Labute approximate surface area is 128 Å². The lowest BCUT2D eigenvalue weighted by Gasteiger charge is -2.19. The highest BCUT2D eigenvalue weighted by atomic mass is 35.5. The van der Waals surface area contributed by atoms with Crippen molar-refractivity contribution in [2.45, 2.75) is 11.3 Å². The van der Waals surface area contributed by atoms with Gasteiger partial charge in [-0.1, -0.05) is 11.6 Å². The number of nitrogens with zero attached hydrogens (tertiary/aromatic N) is 1. The van der Waals surface area contributed by atoms with Crippen LogP contribution in [0.3, 0.4) is 0 Å². The molecule has 0 saturated carbocycles. The molecule has 0 aliphatic carbocycles. The maximum absolute atomic E-state index is 12.2. The van der Waals surface area contributed by atoms with Gasteiger partial charge in [-0.3, -0.25) is 4.79 Å². The summed E-state index contributed by atoms with van der Waals surface area (Å²) in [5, 5.41) is 0.472. The van der Waals surface area contributed by atoms with Crippen LogP contribution in [0.5, 0.6) is 0 Å². The van der Waals surface area contributed by atoms with Gasteiger partial charge in [0.2, 0.25) is 5.91 Å². The average Bonchev–Trinajstić information content (AvgIpc) is 2.67. The third kappa shape index (κ3) is 4.14. The van der Waals surface area contributed by atoms with E-state index in [-0.39, 0.29) is 10.8 Å². The van der Waals surface area contributed by atoms with Crippen molar-refractivity contribution in [1.82, 2.24) is 4.90 Å². The number of hydrogen-bond acceptors (Lipinski definition) is 4. The molecule has 7 heteroatoms. The van der Waals surface area contributed by atoms with Gasteiger partial charge in [0, 0.05) is 23.9 Å². The second-order valence-electron chi connectivity index (χ2n) is 4.56. The van der Waals surface area contributed by atoms with Crippen LogP contribution in [0.15, 0.2) is 29.2 Å². The molecule has 0 radical (unpaired) electrons. The number of hydrogen-bond donors (Lipinski definition) is 0. The SMILES string of the molecule is O=C(CS(=O)(=O)c1ccc(Cl)cc1)N1CCCSCC1. The van der Waals surface area contributed by atoms with Crippen molar-refractivity contribution < 1.29 is 13.2 Å². The molecule has 110 valence electrons. The van der Waals surface area contributed by atoms with Crippen molar-refractivity contribution in [3.05, 3.63) is 29.3 Å². The fourth-order valence-electron chi connectivity index (χ4n) is 1.97. The van der Waals surface area contributed by atoms with Crippen LogP contribution < -0.4 is 0 Å². The minimum Gasteiger partial charge on any atom is -0.341 e. The Bertz CT molecular complexity index is 564. The Morgan fingerprint density at radius 1 is 1.20 bits per heavy atom. The minimum absolute atomic E-state index is 0.138. The molecule has 1 saturated heterocycles. The molecule has 0 N–H and O–H groups in total.